The maximum absolute atomic E-state index is 11.2. The van der Waals surface area contributed by atoms with Crippen molar-refractivity contribution in [1.29, 1.82) is 0 Å². The molecule has 1 heterocycles. The van der Waals surface area contributed by atoms with E-state index in [9.17, 15) is 9.90 Å². The molecule has 2 unspecified atom stereocenters. The number of phenols is 1. The maximum Gasteiger partial charge on any atom is 0.137 e. The zero-order valence-electron chi connectivity index (χ0n) is 14.4. The van der Waals surface area contributed by atoms with Gasteiger partial charge in [-0.25, -0.2) is 0 Å². The lowest BCUT2D eigenvalue weighted by Crippen LogP contribution is -2.46. The molecule has 0 radical (unpaired) electrons. The highest BCUT2D eigenvalue weighted by atomic mass is 16.3. The predicted molar refractivity (Wildman–Crippen MR) is 93.8 cm³/mol. The molecule has 2 rings (SSSR count). The third-order valence-electron chi connectivity index (χ3n) is 4.99. The second-order valence-corrected chi connectivity index (χ2v) is 6.58. The van der Waals surface area contributed by atoms with E-state index in [0.717, 1.165) is 45.3 Å². The van der Waals surface area contributed by atoms with Crippen LogP contribution < -0.4 is 0 Å². The lowest BCUT2D eigenvalue weighted by Gasteiger charge is -2.35. The van der Waals surface area contributed by atoms with Crippen molar-refractivity contribution in [1.82, 2.24) is 9.80 Å². The Hall–Kier alpha value is -1.39. The van der Waals surface area contributed by atoms with Crippen molar-refractivity contribution in [3.63, 3.8) is 0 Å². The number of hydrogen-bond donors (Lipinski definition) is 1. The van der Waals surface area contributed by atoms with Gasteiger partial charge in [-0.15, -0.1) is 0 Å². The Morgan fingerprint density at radius 3 is 2.74 bits per heavy atom. The van der Waals surface area contributed by atoms with Crippen LogP contribution in [0.4, 0.5) is 0 Å². The topological polar surface area (TPSA) is 43.8 Å². The summed E-state index contributed by atoms with van der Waals surface area (Å²) in [5, 5.41) is 9.38. The van der Waals surface area contributed by atoms with Crippen LogP contribution in [0.1, 0.15) is 38.7 Å². The van der Waals surface area contributed by atoms with Crippen molar-refractivity contribution >= 4 is 6.29 Å². The van der Waals surface area contributed by atoms with Crippen LogP contribution in [-0.2, 0) is 11.2 Å². The van der Waals surface area contributed by atoms with E-state index in [1.165, 1.54) is 18.4 Å². The molecule has 1 N–H and O–H groups in total. The summed E-state index contributed by atoms with van der Waals surface area (Å²) in [6.45, 7) is 8.48. The first kappa shape index (κ1) is 18.0. The molecule has 2 atom stereocenters. The molecular formula is C19H30N2O2. The van der Waals surface area contributed by atoms with E-state index in [1.807, 2.05) is 12.1 Å². The Balaban J connectivity index is 1.85. The first-order chi connectivity index (χ1) is 11.1. The summed E-state index contributed by atoms with van der Waals surface area (Å²) < 4.78 is 0. The van der Waals surface area contributed by atoms with Gasteiger partial charge in [0.15, 0.2) is 0 Å². The number of likely N-dealkylation sites (N-methyl/N-ethyl adjacent to an activating group) is 1. The molecule has 1 aliphatic heterocycles. The number of carbonyl (C=O) groups excluding carboxylic acids is 1. The molecule has 1 aromatic rings. The number of rotatable bonds is 8. The molecule has 0 spiro atoms. The van der Waals surface area contributed by atoms with Gasteiger partial charge >= 0.3 is 0 Å². The Morgan fingerprint density at radius 1 is 1.35 bits per heavy atom. The highest BCUT2D eigenvalue weighted by molar-refractivity contribution is 5.57. The summed E-state index contributed by atoms with van der Waals surface area (Å²) in [6.07, 6.45) is 5.49. The van der Waals surface area contributed by atoms with E-state index in [1.54, 1.807) is 12.1 Å². The van der Waals surface area contributed by atoms with Crippen LogP contribution >= 0.6 is 0 Å². The molecule has 0 aromatic heterocycles. The third-order valence-corrected chi connectivity index (χ3v) is 4.99. The lowest BCUT2D eigenvalue weighted by atomic mass is 10.0. The molecule has 0 aliphatic carbocycles. The van der Waals surface area contributed by atoms with Crippen molar-refractivity contribution in [3.8, 4) is 5.75 Å². The van der Waals surface area contributed by atoms with Crippen LogP contribution in [-0.4, -0.2) is 59.5 Å². The predicted octanol–water partition coefficient (Wildman–Crippen LogP) is 2.70. The van der Waals surface area contributed by atoms with Gasteiger partial charge in [0, 0.05) is 19.1 Å². The standard InChI is InChI=1S/C19H30N2O2/c1-3-20(12-13-21-11-5-4-6-18(21)15-22)16(2)14-17-7-9-19(23)10-8-17/h7-10,15-16,18,23H,3-6,11-14H2,1-2H3. The number of hydrogen-bond acceptors (Lipinski definition) is 4. The van der Waals surface area contributed by atoms with Crippen LogP contribution in [0, 0.1) is 0 Å². The highest BCUT2D eigenvalue weighted by Gasteiger charge is 2.22. The molecule has 0 saturated carbocycles. The molecular weight excluding hydrogens is 288 g/mol. The average molecular weight is 318 g/mol. The molecule has 1 aliphatic rings. The normalized spacial score (nSPS) is 20.6. The quantitative estimate of drug-likeness (QED) is 0.749. The van der Waals surface area contributed by atoms with Gasteiger partial charge in [-0.3, -0.25) is 9.80 Å². The number of nitrogens with zero attached hydrogens (tertiary/aromatic N) is 2. The number of benzene rings is 1. The molecule has 23 heavy (non-hydrogen) atoms. The molecule has 1 fully saturated rings. The van der Waals surface area contributed by atoms with E-state index in [-0.39, 0.29) is 6.04 Å². The van der Waals surface area contributed by atoms with Gasteiger partial charge in [-0.2, -0.15) is 0 Å². The van der Waals surface area contributed by atoms with Crippen LogP contribution in [0.15, 0.2) is 24.3 Å². The lowest BCUT2D eigenvalue weighted by molar-refractivity contribution is -0.113. The number of aromatic hydroxyl groups is 1. The number of aldehydes is 1. The first-order valence-corrected chi connectivity index (χ1v) is 8.85. The molecule has 4 nitrogen and oxygen atoms in total. The van der Waals surface area contributed by atoms with Crippen molar-refractivity contribution in [2.24, 2.45) is 0 Å². The summed E-state index contributed by atoms with van der Waals surface area (Å²) in [4.78, 5) is 16.0. The summed E-state index contributed by atoms with van der Waals surface area (Å²) in [5.74, 6) is 0.318. The smallest absolute Gasteiger partial charge is 0.137 e. The Kier molecular flexibility index (Phi) is 7.06. The van der Waals surface area contributed by atoms with Gasteiger partial charge in [0.25, 0.3) is 0 Å². The van der Waals surface area contributed by atoms with Gasteiger partial charge in [-0.05, 0) is 57.0 Å². The van der Waals surface area contributed by atoms with Crippen molar-refractivity contribution in [2.45, 2.75) is 51.6 Å². The van der Waals surface area contributed by atoms with Gasteiger partial charge in [0.2, 0.25) is 0 Å². The SMILES string of the molecule is CCN(CCN1CCCCC1C=O)C(C)Cc1ccc(O)cc1. The summed E-state index contributed by atoms with van der Waals surface area (Å²) in [6, 6.07) is 8.06. The molecule has 0 bridgehead atoms. The van der Waals surface area contributed by atoms with E-state index < -0.39 is 0 Å². The Morgan fingerprint density at radius 2 is 2.09 bits per heavy atom. The zero-order chi connectivity index (χ0) is 16.7. The Labute approximate surface area is 140 Å². The second kappa shape index (κ2) is 9.04. The largest absolute Gasteiger partial charge is 0.508 e. The van der Waals surface area contributed by atoms with Crippen LogP contribution in [0.5, 0.6) is 5.75 Å². The monoisotopic (exact) mass is 318 g/mol. The minimum absolute atomic E-state index is 0.120. The fourth-order valence-corrected chi connectivity index (χ4v) is 3.50. The van der Waals surface area contributed by atoms with Gasteiger partial charge < -0.3 is 9.90 Å². The molecule has 4 heteroatoms. The van der Waals surface area contributed by atoms with Crippen molar-refractivity contribution in [2.75, 3.05) is 26.2 Å². The summed E-state index contributed by atoms with van der Waals surface area (Å²) in [7, 11) is 0. The van der Waals surface area contributed by atoms with Crippen molar-refractivity contribution < 1.29 is 9.90 Å². The summed E-state index contributed by atoms with van der Waals surface area (Å²) in [5.41, 5.74) is 1.25. The number of piperidine rings is 1. The van der Waals surface area contributed by atoms with Crippen LogP contribution in [0.2, 0.25) is 0 Å². The molecule has 0 amide bonds. The highest BCUT2D eigenvalue weighted by Crippen LogP contribution is 2.16. The van der Waals surface area contributed by atoms with Crippen molar-refractivity contribution in [3.05, 3.63) is 29.8 Å². The fraction of sp³-hybridized carbons (Fsp3) is 0.632. The molecule has 1 saturated heterocycles. The summed E-state index contributed by atoms with van der Waals surface area (Å²) >= 11 is 0. The number of phenolic OH excluding ortho intramolecular Hbond substituents is 1. The fourth-order valence-electron chi connectivity index (χ4n) is 3.50. The number of carbonyl (C=O) groups is 1. The van der Waals surface area contributed by atoms with Crippen LogP contribution in [0.25, 0.3) is 0 Å². The van der Waals surface area contributed by atoms with E-state index >= 15 is 0 Å². The first-order valence-electron chi connectivity index (χ1n) is 8.85. The van der Waals surface area contributed by atoms with Gasteiger partial charge in [0.05, 0.1) is 6.04 Å². The van der Waals surface area contributed by atoms with Gasteiger partial charge in [0.1, 0.15) is 12.0 Å². The van der Waals surface area contributed by atoms with E-state index in [0.29, 0.717) is 11.8 Å². The average Bonchev–Trinajstić information content (AvgIpc) is 2.58. The zero-order valence-corrected chi connectivity index (χ0v) is 14.4. The third kappa shape index (κ3) is 5.33. The van der Waals surface area contributed by atoms with Gasteiger partial charge in [-0.1, -0.05) is 25.5 Å². The second-order valence-electron chi connectivity index (χ2n) is 6.58. The van der Waals surface area contributed by atoms with E-state index in [2.05, 4.69) is 23.6 Å². The minimum atomic E-state index is 0.120. The van der Waals surface area contributed by atoms with E-state index in [4.69, 9.17) is 0 Å². The Bertz CT molecular complexity index is 475. The maximum atomic E-state index is 11.2. The number of likely N-dealkylation sites (tertiary alicyclic amines) is 1. The minimum Gasteiger partial charge on any atom is -0.508 e. The molecule has 1 aromatic carbocycles. The van der Waals surface area contributed by atoms with Crippen LogP contribution in [0.3, 0.4) is 0 Å². The molecule has 128 valence electrons.